The predicted molar refractivity (Wildman–Crippen MR) is 95.7 cm³/mol. The largest absolute Gasteiger partial charge is 0.534 e. The van der Waals surface area contributed by atoms with Crippen molar-refractivity contribution in [3.05, 3.63) is 47.1 Å². The molecule has 3 rings (SSSR count). The molecule has 0 N–H and O–H groups in total. The fraction of sp³-hybridized carbons (Fsp3) is 0.125. The molecule has 3 aromatic rings. The zero-order chi connectivity index (χ0) is 20.7. The second-order valence-corrected chi connectivity index (χ2v) is 7.94. The molecular formula is C16H10BrF3N2O5S. The first-order chi connectivity index (χ1) is 13.0. The van der Waals surface area contributed by atoms with Crippen LogP contribution in [0.5, 0.6) is 11.5 Å². The van der Waals surface area contributed by atoms with E-state index in [-0.39, 0.29) is 5.75 Å². The highest BCUT2D eigenvalue weighted by Gasteiger charge is 2.48. The molecule has 0 atom stereocenters. The first kappa shape index (κ1) is 20.1. The number of hydrogen-bond acceptors (Lipinski definition) is 6. The Hall–Kier alpha value is -2.60. The van der Waals surface area contributed by atoms with Gasteiger partial charge in [0, 0.05) is 23.0 Å². The van der Waals surface area contributed by atoms with Crippen LogP contribution >= 0.6 is 15.9 Å². The maximum atomic E-state index is 12.5. The molecule has 2 aromatic carbocycles. The molecule has 1 heterocycles. The number of halogens is 4. The van der Waals surface area contributed by atoms with Gasteiger partial charge in [-0.25, -0.2) is 4.68 Å². The molecule has 0 saturated carbocycles. The molecule has 0 radical (unpaired) electrons. The third kappa shape index (κ3) is 4.12. The first-order valence-corrected chi connectivity index (χ1v) is 9.65. The lowest BCUT2D eigenvalue weighted by Crippen LogP contribution is -2.28. The van der Waals surface area contributed by atoms with Crippen molar-refractivity contribution in [2.75, 3.05) is 0 Å². The summed E-state index contributed by atoms with van der Waals surface area (Å²) in [6, 6.07) is 8.30. The number of benzene rings is 2. The van der Waals surface area contributed by atoms with Crippen molar-refractivity contribution >= 4 is 42.9 Å². The maximum absolute atomic E-state index is 12.5. The zero-order valence-electron chi connectivity index (χ0n) is 13.9. The Morgan fingerprint density at radius 1 is 1.18 bits per heavy atom. The molecule has 1 aromatic heterocycles. The van der Waals surface area contributed by atoms with Gasteiger partial charge >= 0.3 is 21.6 Å². The third-order valence-electron chi connectivity index (χ3n) is 3.39. The monoisotopic (exact) mass is 478 g/mol. The molecule has 28 heavy (non-hydrogen) atoms. The standard InChI is InChI=1S/C16H10BrF3N2O5S/c1-9(23)26-15-7-11(17)2-5-14(15)22-8-10-6-12(3-4-13(10)21-22)27-28(24,25)16(18,19)20/h2-8H,1H3. The van der Waals surface area contributed by atoms with Crippen LogP contribution in [0.3, 0.4) is 0 Å². The number of esters is 1. The van der Waals surface area contributed by atoms with Gasteiger partial charge in [-0.3, -0.25) is 4.79 Å². The van der Waals surface area contributed by atoms with Crippen LogP contribution in [0.2, 0.25) is 0 Å². The van der Waals surface area contributed by atoms with Gasteiger partial charge in [0.1, 0.15) is 11.4 Å². The van der Waals surface area contributed by atoms with Gasteiger partial charge in [-0.15, -0.1) is 0 Å². The van der Waals surface area contributed by atoms with Gasteiger partial charge in [-0.2, -0.15) is 26.7 Å². The van der Waals surface area contributed by atoms with Crippen LogP contribution in [0.25, 0.3) is 16.6 Å². The Bertz CT molecular complexity index is 1170. The molecule has 0 aliphatic rings. The van der Waals surface area contributed by atoms with E-state index < -0.39 is 27.3 Å². The Kier molecular flexibility index (Phi) is 5.10. The average molecular weight is 479 g/mol. The highest BCUT2D eigenvalue weighted by Crippen LogP contribution is 2.31. The van der Waals surface area contributed by atoms with Crippen LogP contribution in [0.1, 0.15) is 6.92 Å². The van der Waals surface area contributed by atoms with Crippen LogP contribution in [0.4, 0.5) is 13.2 Å². The summed E-state index contributed by atoms with van der Waals surface area (Å²) in [5.41, 5.74) is -4.80. The van der Waals surface area contributed by atoms with E-state index in [1.807, 2.05) is 0 Å². The summed E-state index contributed by atoms with van der Waals surface area (Å²) in [5.74, 6) is -0.865. The molecule has 0 saturated heterocycles. The highest BCUT2D eigenvalue weighted by atomic mass is 79.9. The zero-order valence-corrected chi connectivity index (χ0v) is 16.3. The van der Waals surface area contributed by atoms with E-state index >= 15 is 0 Å². The number of nitrogens with zero attached hydrogens (tertiary/aromatic N) is 2. The van der Waals surface area contributed by atoms with Crippen molar-refractivity contribution in [3.63, 3.8) is 0 Å². The summed E-state index contributed by atoms with van der Waals surface area (Å²) in [7, 11) is -5.78. The van der Waals surface area contributed by atoms with E-state index in [1.165, 1.54) is 23.9 Å². The molecule has 0 spiro atoms. The van der Waals surface area contributed by atoms with E-state index in [2.05, 4.69) is 25.2 Å². The first-order valence-electron chi connectivity index (χ1n) is 7.45. The number of alkyl halides is 3. The lowest BCUT2D eigenvalue weighted by molar-refractivity contribution is -0.131. The summed E-state index contributed by atoms with van der Waals surface area (Å²) in [4.78, 5) is 11.3. The van der Waals surface area contributed by atoms with E-state index in [9.17, 15) is 26.4 Å². The molecular weight excluding hydrogens is 469 g/mol. The summed E-state index contributed by atoms with van der Waals surface area (Å²) in [6.45, 7) is 1.23. The molecule has 0 fully saturated rings. The van der Waals surface area contributed by atoms with Gasteiger partial charge in [0.2, 0.25) is 0 Å². The Morgan fingerprint density at radius 2 is 1.89 bits per heavy atom. The summed E-state index contributed by atoms with van der Waals surface area (Å²) < 4.78 is 70.9. The maximum Gasteiger partial charge on any atom is 0.534 e. The molecule has 0 aliphatic carbocycles. The minimum absolute atomic E-state index is 0.200. The SMILES string of the molecule is CC(=O)Oc1cc(Br)ccc1-n1cc2cc(OS(=O)(=O)C(F)(F)F)ccc2n1. The van der Waals surface area contributed by atoms with Gasteiger partial charge in [0.25, 0.3) is 0 Å². The Balaban J connectivity index is 2.02. The normalized spacial score (nSPS) is 12.2. The second kappa shape index (κ2) is 7.09. The van der Waals surface area contributed by atoms with Crippen molar-refractivity contribution in [1.29, 1.82) is 0 Å². The molecule has 148 valence electrons. The second-order valence-electron chi connectivity index (χ2n) is 5.48. The Labute approximate surface area is 164 Å². The number of rotatable bonds is 4. The van der Waals surface area contributed by atoms with Crippen molar-refractivity contribution in [1.82, 2.24) is 9.78 Å². The number of carbonyl (C=O) groups is 1. The minimum Gasteiger partial charge on any atom is -0.424 e. The molecule has 0 unspecified atom stereocenters. The minimum atomic E-state index is -5.78. The smallest absolute Gasteiger partial charge is 0.424 e. The fourth-order valence-corrected chi connectivity index (χ4v) is 3.06. The summed E-state index contributed by atoms with van der Waals surface area (Å²) in [6.07, 6.45) is 1.43. The molecule has 0 amide bonds. The lowest BCUT2D eigenvalue weighted by Gasteiger charge is -2.09. The molecule has 7 nitrogen and oxygen atoms in total. The van der Waals surface area contributed by atoms with Gasteiger partial charge in [0.05, 0.1) is 5.52 Å². The third-order valence-corrected chi connectivity index (χ3v) is 4.86. The summed E-state index contributed by atoms with van der Waals surface area (Å²) >= 11 is 3.26. The number of aromatic nitrogens is 2. The average Bonchev–Trinajstić information content (AvgIpc) is 2.95. The van der Waals surface area contributed by atoms with Crippen molar-refractivity contribution in [2.24, 2.45) is 0 Å². The van der Waals surface area contributed by atoms with Crippen LogP contribution in [-0.4, -0.2) is 29.7 Å². The van der Waals surface area contributed by atoms with Gasteiger partial charge < -0.3 is 8.92 Å². The number of carbonyl (C=O) groups excluding carboxylic acids is 1. The van der Waals surface area contributed by atoms with E-state index in [1.54, 1.807) is 18.2 Å². The predicted octanol–water partition coefficient (Wildman–Crippen LogP) is 3.94. The van der Waals surface area contributed by atoms with Crippen LogP contribution in [-0.2, 0) is 14.9 Å². The molecule has 0 bridgehead atoms. The highest BCUT2D eigenvalue weighted by molar-refractivity contribution is 9.10. The van der Waals surface area contributed by atoms with Gasteiger partial charge in [0.15, 0.2) is 5.75 Å². The summed E-state index contributed by atoms with van der Waals surface area (Å²) in [5, 5.41) is 4.56. The molecule has 0 aliphatic heterocycles. The molecule has 12 heteroatoms. The van der Waals surface area contributed by atoms with Crippen LogP contribution < -0.4 is 8.92 Å². The number of ether oxygens (including phenoxy) is 1. The van der Waals surface area contributed by atoms with E-state index in [0.717, 1.165) is 12.1 Å². The van der Waals surface area contributed by atoms with Crippen LogP contribution in [0.15, 0.2) is 47.1 Å². The fourth-order valence-electron chi connectivity index (χ4n) is 2.27. The Morgan fingerprint density at radius 3 is 2.54 bits per heavy atom. The van der Waals surface area contributed by atoms with Crippen molar-refractivity contribution in [3.8, 4) is 17.2 Å². The van der Waals surface area contributed by atoms with Crippen LogP contribution in [0, 0.1) is 0 Å². The number of fused-ring (bicyclic) bond motifs is 1. The topological polar surface area (TPSA) is 87.5 Å². The van der Waals surface area contributed by atoms with Gasteiger partial charge in [-0.1, -0.05) is 15.9 Å². The van der Waals surface area contributed by atoms with Crippen molar-refractivity contribution in [2.45, 2.75) is 12.4 Å². The van der Waals surface area contributed by atoms with E-state index in [0.29, 0.717) is 21.1 Å². The number of hydrogen-bond donors (Lipinski definition) is 0. The quantitative estimate of drug-likeness (QED) is 0.244. The van der Waals surface area contributed by atoms with Crippen molar-refractivity contribution < 1.29 is 35.3 Å². The van der Waals surface area contributed by atoms with E-state index in [4.69, 9.17) is 4.74 Å². The lowest BCUT2D eigenvalue weighted by atomic mass is 10.2. The van der Waals surface area contributed by atoms with Gasteiger partial charge in [-0.05, 0) is 36.4 Å².